The first-order chi connectivity index (χ1) is 11.0. The zero-order chi connectivity index (χ0) is 16.4. The fraction of sp³-hybridized carbons (Fsp3) is 0. The van der Waals surface area contributed by atoms with Crippen molar-refractivity contribution < 1.29 is 14.3 Å². The van der Waals surface area contributed by atoms with E-state index in [1.54, 1.807) is 30.3 Å². The molecule has 0 amide bonds. The maximum atomic E-state index is 12.2. The van der Waals surface area contributed by atoms with Gasteiger partial charge in [0.05, 0.1) is 16.1 Å². The fourth-order valence-electron chi connectivity index (χ4n) is 1.80. The van der Waals surface area contributed by atoms with Crippen LogP contribution in [0.1, 0.15) is 10.4 Å². The van der Waals surface area contributed by atoms with Crippen LogP contribution in [0, 0.1) is 0 Å². The first kappa shape index (κ1) is 16.0. The number of phenolic OH excluding ortho intramolecular Hbond substituents is 1. The monoisotopic (exact) mass is 410 g/mol. The van der Waals surface area contributed by atoms with Gasteiger partial charge in [-0.3, -0.25) is 4.79 Å². The van der Waals surface area contributed by atoms with E-state index in [0.29, 0.717) is 15.1 Å². The minimum absolute atomic E-state index is 0.0734. The van der Waals surface area contributed by atoms with Gasteiger partial charge >= 0.3 is 0 Å². The van der Waals surface area contributed by atoms with Crippen molar-refractivity contribution >= 4 is 44.4 Å². The lowest BCUT2D eigenvalue weighted by Gasteiger charge is -2.01. The molecule has 1 heterocycles. The van der Waals surface area contributed by atoms with Crippen molar-refractivity contribution in [1.29, 1.82) is 0 Å². The molecule has 0 aliphatic carbocycles. The van der Waals surface area contributed by atoms with E-state index in [9.17, 15) is 9.90 Å². The molecule has 0 radical (unpaired) electrons. The zero-order valence-electron chi connectivity index (χ0n) is 11.4. The third-order valence-corrected chi connectivity index (χ3v) is 4.44. The Kier molecular flexibility index (Phi) is 4.70. The maximum absolute atomic E-state index is 12.2. The molecular formula is C15H8BrClN2O3S. The lowest BCUT2D eigenvalue weighted by molar-refractivity contribution is 0.108. The van der Waals surface area contributed by atoms with Crippen LogP contribution < -0.4 is 0 Å². The highest BCUT2D eigenvalue weighted by molar-refractivity contribution is 9.10. The fourth-order valence-corrected chi connectivity index (χ4v) is 3.01. The molecule has 0 saturated heterocycles. The van der Waals surface area contributed by atoms with E-state index in [1.807, 2.05) is 0 Å². The summed E-state index contributed by atoms with van der Waals surface area (Å²) in [5.41, 5.74) is 0.744. The normalized spacial score (nSPS) is 10.7. The number of carbonyl (C=O) groups is 1. The van der Waals surface area contributed by atoms with Crippen LogP contribution in [-0.2, 0) is 0 Å². The van der Waals surface area contributed by atoms with E-state index in [-0.39, 0.29) is 22.4 Å². The number of benzene rings is 2. The molecule has 116 valence electrons. The number of aromatic nitrogens is 2. The molecule has 1 aromatic heterocycles. The third-order valence-electron chi connectivity index (χ3n) is 2.87. The molecule has 1 N–H and O–H groups in total. The minimum atomic E-state index is -0.404. The van der Waals surface area contributed by atoms with Crippen molar-refractivity contribution in [3.8, 4) is 17.2 Å². The first-order valence-corrected chi connectivity index (χ1v) is 8.32. The summed E-state index contributed by atoms with van der Waals surface area (Å²) < 4.78 is 6.14. The van der Waals surface area contributed by atoms with Crippen molar-refractivity contribution in [2.24, 2.45) is 0 Å². The number of hydrogen-bond acceptors (Lipinski definition) is 6. The van der Waals surface area contributed by atoms with Gasteiger partial charge in [-0.25, -0.2) is 0 Å². The number of hydrogen-bond donors (Lipinski definition) is 1. The predicted molar refractivity (Wildman–Crippen MR) is 90.7 cm³/mol. The Bertz CT molecular complexity index is 885. The summed E-state index contributed by atoms with van der Waals surface area (Å²) in [6.07, 6.45) is 0. The first-order valence-electron chi connectivity index (χ1n) is 6.33. The highest BCUT2D eigenvalue weighted by Gasteiger charge is 2.18. The van der Waals surface area contributed by atoms with Gasteiger partial charge in [0.1, 0.15) is 5.75 Å². The molecule has 5 nitrogen and oxygen atoms in total. The van der Waals surface area contributed by atoms with E-state index in [4.69, 9.17) is 16.0 Å². The third kappa shape index (κ3) is 3.57. The summed E-state index contributed by atoms with van der Waals surface area (Å²) in [7, 11) is 0. The van der Waals surface area contributed by atoms with Gasteiger partial charge < -0.3 is 9.52 Å². The van der Waals surface area contributed by atoms with Gasteiger partial charge in [-0.1, -0.05) is 39.7 Å². The van der Waals surface area contributed by atoms with Crippen molar-refractivity contribution in [3.63, 3.8) is 0 Å². The Morgan fingerprint density at radius 1 is 1.22 bits per heavy atom. The maximum Gasteiger partial charge on any atom is 0.284 e. The molecule has 0 atom stereocenters. The summed E-state index contributed by atoms with van der Waals surface area (Å²) in [5.74, 6) is 0.112. The number of carbonyl (C=O) groups excluding carboxylic acids is 1. The topological polar surface area (TPSA) is 76.2 Å². The van der Waals surface area contributed by atoms with Gasteiger partial charge in [0, 0.05) is 16.2 Å². The number of phenols is 1. The van der Waals surface area contributed by atoms with E-state index in [2.05, 4.69) is 26.1 Å². The quantitative estimate of drug-likeness (QED) is 0.624. The lowest BCUT2D eigenvalue weighted by Crippen LogP contribution is -1.94. The van der Waals surface area contributed by atoms with Crippen LogP contribution in [0.4, 0.5) is 0 Å². The van der Waals surface area contributed by atoms with Gasteiger partial charge in [0.2, 0.25) is 11.0 Å². The lowest BCUT2D eigenvalue weighted by atomic mass is 10.2. The Morgan fingerprint density at radius 2 is 2.00 bits per heavy atom. The molecule has 23 heavy (non-hydrogen) atoms. The SMILES string of the molecule is O=C(Sc1nnc(-c2ccccc2Cl)o1)c1cc(Br)ccc1O. The van der Waals surface area contributed by atoms with Crippen molar-refractivity contribution in [3.05, 3.63) is 57.5 Å². The number of thioether (sulfide) groups is 1. The van der Waals surface area contributed by atoms with Gasteiger partial charge in [-0.05, 0) is 30.3 Å². The van der Waals surface area contributed by atoms with Crippen LogP contribution in [0.3, 0.4) is 0 Å². The second-order valence-corrected chi connectivity index (χ2v) is 6.65. The average molecular weight is 412 g/mol. The van der Waals surface area contributed by atoms with Crippen LogP contribution >= 0.6 is 39.3 Å². The second kappa shape index (κ2) is 6.74. The average Bonchev–Trinajstić information content (AvgIpc) is 2.98. The van der Waals surface area contributed by atoms with Gasteiger partial charge in [0.25, 0.3) is 5.22 Å². The van der Waals surface area contributed by atoms with Crippen LogP contribution in [0.15, 0.2) is 56.6 Å². The van der Waals surface area contributed by atoms with Crippen LogP contribution in [0.5, 0.6) is 5.75 Å². The summed E-state index contributed by atoms with van der Waals surface area (Å²) >= 11 is 10.1. The van der Waals surface area contributed by atoms with E-state index in [1.165, 1.54) is 12.1 Å². The highest BCUT2D eigenvalue weighted by Crippen LogP contribution is 2.32. The summed E-state index contributed by atoms with van der Waals surface area (Å²) in [6, 6.07) is 11.6. The number of halogens is 2. The molecular weight excluding hydrogens is 404 g/mol. The van der Waals surface area contributed by atoms with Crippen molar-refractivity contribution in [2.45, 2.75) is 5.22 Å². The second-order valence-electron chi connectivity index (χ2n) is 4.40. The largest absolute Gasteiger partial charge is 0.507 e. The summed E-state index contributed by atoms with van der Waals surface area (Å²) in [6.45, 7) is 0. The molecule has 0 spiro atoms. The minimum Gasteiger partial charge on any atom is -0.507 e. The van der Waals surface area contributed by atoms with Gasteiger partial charge in [-0.2, -0.15) is 0 Å². The summed E-state index contributed by atoms with van der Waals surface area (Å²) in [4.78, 5) is 12.2. The number of aromatic hydroxyl groups is 1. The molecule has 3 rings (SSSR count). The molecule has 0 bridgehead atoms. The number of rotatable bonds is 3. The smallest absolute Gasteiger partial charge is 0.284 e. The van der Waals surface area contributed by atoms with Gasteiger partial charge in [-0.15, -0.1) is 10.2 Å². The molecule has 0 saturated carbocycles. The van der Waals surface area contributed by atoms with Crippen LogP contribution in [-0.4, -0.2) is 20.4 Å². The van der Waals surface area contributed by atoms with E-state index < -0.39 is 5.12 Å². The van der Waals surface area contributed by atoms with Crippen molar-refractivity contribution in [2.75, 3.05) is 0 Å². The molecule has 2 aromatic carbocycles. The highest BCUT2D eigenvalue weighted by atomic mass is 79.9. The van der Waals surface area contributed by atoms with E-state index >= 15 is 0 Å². The van der Waals surface area contributed by atoms with E-state index in [0.717, 1.165) is 11.8 Å². The summed E-state index contributed by atoms with van der Waals surface area (Å²) in [5, 5.41) is 17.6. The number of nitrogens with zero attached hydrogens (tertiary/aromatic N) is 2. The zero-order valence-corrected chi connectivity index (χ0v) is 14.5. The predicted octanol–water partition coefficient (Wildman–Crippen LogP) is 4.79. The molecule has 0 fully saturated rings. The molecule has 3 aromatic rings. The Morgan fingerprint density at radius 3 is 2.78 bits per heavy atom. The molecule has 0 unspecified atom stereocenters. The van der Waals surface area contributed by atoms with Crippen LogP contribution in [0.2, 0.25) is 5.02 Å². The Hall–Kier alpha value is -1.83. The molecule has 0 aliphatic heterocycles. The van der Waals surface area contributed by atoms with Gasteiger partial charge in [0.15, 0.2) is 0 Å². The Balaban J connectivity index is 1.83. The molecule has 0 aliphatic rings. The molecule has 8 heteroatoms. The van der Waals surface area contributed by atoms with Crippen LogP contribution in [0.25, 0.3) is 11.5 Å². The standard InChI is InChI=1S/C15H8BrClN2O3S/c16-8-5-6-12(20)10(7-8)14(21)23-15-19-18-13(22-15)9-3-1-2-4-11(9)17/h1-7,20H. The van der Waals surface area contributed by atoms with Crippen molar-refractivity contribution in [1.82, 2.24) is 10.2 Å². The Labute approximate surface area is 148 Å².